The summed E-state index contributed by atoms with van der Waals surface area (Å²) in [7, 11) is 1.35. The first-order chi connectivity index (χ1) is 10.1. The van der Waals surface area contributed by atoms with Gasteiger partial charge in [0.2, 0.25) is 0 Å². The Balaban J connectivity index is 2.17. The van der Waals surface area contributed by atoms with Crippen LogP contribution in [-0.2, 0) is 0 Å². The van der Waals surface area contributed by atoms with Crippen LogP contribution in [0.3, 0.4) is 0 Å². The second-order valence-electron chi connectivity index (χ2n) is 4.64. The summed E-state index contributed by atoms with van der Waals surface area (Å²) < 4.78 is 33.9. The Kier molecular flexibility index (Phi) is 5.32. The zero-order valence-corrected chi connectivity index (χ0v) is 11.8. The van der Waals surface area contributed by atoms with Gasteiger partial charge < -0.3 is 19.7 Å². The molecule has 7 heteroatoms. The minimum Gasteiger partial charge on any atom is -0.493 e. The van der Waals surface area contributed by atoms with Crippen molar-refractivity contribution in [3.63, 3.8) is 0 Å². The molecule has 0 unspecified atom stereocenters. The van der Waals surface area contributed by atoms with E-state index in [1.165, 1.54) is 25.3 Å². The van der Waals surface area contributed by atoms with Gasteiger partial charge in [0.15, 0.2) is 11.5 Å². The number of carbonyl (C=O) groups is 1. The zero-order valence-electron chi connectivity index (χ0n) is 11.8. The minimum absolute atomic E-state index is 0.0819. The molecule has 0 bridgehead atoms. The van der Waals surface area contributed by atoms with Crippen LogP contribution in [0.15, 0.2) is 18.2 Å². The van der Waals surface area contributed by atoms with Crippen molar-refractivity contribution in [1.82, 2.24) is 10.2 Å². The Labute approximate surface area is 121 Å². The quantitative estimate of drug-likeness (QED) is 0.920. The van der Waals surface area contributed by atoms with E-state index in [1.807, 2.05) is 0 Å². The van der Waals surface area contributed by atoms with Gasteiger partial charge in [0, 0.05) is 25.2 Å². The molecular weight excluding hydrogens is 282 g/mol. The number of carbonyl (C=O) groups excluding carboxylic acids is 1. The van der Waals surface area contributed by atoms with Gasteiger partial charge >= 0.3 is 6.61 Å². The van der Waals surface area contributed by atoms with Crippen molar-refractivity contribution in [3.8, 4) is 11.5 Å². The van der Waals surface area contributed by atoms with Crippen LogP contribution >= 0.6 is 0 Å². The topological polar surface area (TPSA) is 50.8 Å². The van der Waals surface area contributed by atoms with Gasteiger partial charge in [-0.1, -0.05) is 0 Å². The van der Waals surface area contributed by atoms with Gasteiger partial charge in [-0.15, -0.1) is 0 Å². The first-order valence-corrected chi connectivity index (χ1v) is 6.74. The zero-order chi connectivity index (χ0) is 15.2. The van der Waals surface area contributed by atoms with Gasteiger partial charge in [-0.05, 0) is 31.2 Å². The Morgan fingerprint density at radius 1 is 1.29 bits per heavy atom. The van der Waals surface area contributed by atoms with Crippen LogP contribution < -0.4 is 14.8 Å². The molecular formula is C14H18F2N2O3. The van der Waals surface area contributed by atoms with Crippen LogP contribution in [0.5, 0.6) is 11.5 Å². The third-order valence-corrected chi connectivity index (χ3v) is 3.25. The molecule has 1 amide bonds. The average Bonchev–Trinajstić information content (AvgIpc) is 2.75. The van der Waals surface area contributed by atoms with Crippen LogP contribution in [0, 0.1) is 0 Å². The molecule has 1 aliphatic rings. The van der Waals surface area contributed by atoms with Gasteiger partial charge in [0.05, 0.1) is 7.11 Å². The van der Waals surface area contributed by atoms with Crippen molar-refractivity contribution in [2.24, 2.45) is 0 Å². The smallest absolute Gasteiger partial charge is 0.387 e. The standard InChI is InChI=1S/C14H18F2N2O3/c1-20-12-9-10(3-4-11(12)21-14(15)16)13(19)18-7-2-5-17-6-8-18/h3-4,9,14,17H,2,5-8H2,1H3. The average molecular weight is 300 g/mol. The lowest BCUT2D eigenvalue weighted by atomic mass is 10.1. The maximum atomic E-state index is 12.4. The van der Waals surface area contributed by atoms with E-state index in [4.69, 9.17) is 4.74 Å². The van der Waals surface area contributed by atoms with Crippen molar-refractivity contribution in [2.45, 2.75) is 13.0 Å². The molecule has 1 fully saturated rings. The number of methoxy groups -OCH3 is 1. The number of nitrogens with one attached hydrogen (secondary N) is 1. The molecule has 1 heterocycles. The number of alkyl halides is 2. The summed E-state index contributed by atoms with van der Waals surface area (Å²) in [5.74, 6) is -0.101. The van der Waals surface area contributed by atoms with Crippen molar-refractivity contribution >= 4 is 5.91 Å². The highest BCUT2D eigenvalue weighted by molar-refractivity contribution is 5.95. The molecule has 1 N–H and O–H groups in total. The fourth-order valence-corrected chi connectivity index (χ4v) is 2.23. The predicted molar refractivity (Wildman–Crippen MR) is 73.0 cm³/mol. The summed E-state index contributed by atoms with van der Waals surface area (Å²) in [6.45, 7) is -0.0130. The van der Waals surface area contributed by atoms with Crippen molar-refractivity contribution in [2.75, 3.05) is 33.3 Å². The van der Waals surface area contributed by atoms with Crippen LogP contribution in [0.25, 0.3) is 0 Å². The second-order valence-corrected chi connectivity index (χ2v) is 4.64. The van der Waals surface area contributed by atoms with E-state index in [0.29, 0.717) is 18.7 Å². The highest BCUT2D eigenvalue weighted by Crippen LogP contribution is 2.29. The summed E-state index contributed by atoms with van der Waals surface area (Å²) in [6.07, 6.45) is 0.884. The normalized spacial score (nSPS) is 15.7. The number of hydrogen-bond acceptors (Lipinski definition) is 4. The maximum Gasteiger partial charge on any atom is 0.387 e. The van der Waals surface area contributed by atoms with Crippen molar-refractivity contribution in [3.05, 3.63) is 23.8 Å². The number of amides is 1. The second kappa shape index (κ2) is 7.21. The molecule has 0 aliphatic carbocycles. The van der Waals surface area contributed by atoms with E-state index in [1.54, 1.807) is 4.90 Å². The first kappa shape index (κ1) is 15.5. The highest BCUT2D eigenvalue weighted by Gasteiger charge is 2.19. The fraction of sp³-hybridized carbons (Fsp3) is 0.500. The van der Waals surface area contributed by atoms with Crippen LogP contribution in [0.4, 0.5) is 8.78 Å². The number of ether oxygens (including phenoxy) is 2. The van der Waals surface area contributed by atoms with E-state index < -0.39 is 6.61 Å². The van der Waals surface area contributed by atoms with Crippen LogP contribution in [-0.4, -0.2) is 50.7 Å². The van der Waals surface area contributed by atoms with Gasteiger partial charge in [0.25, 0.3) is 5.91 Å². The molecule has 1 aliphatic heterocycles. The summed E-state index contributed by atoms with van der Waals surface area (Å²) in [5.41, 5.74) is 0.398. The van der Waals surface area contributed by atoms with E-state index in [2.05, 4.69) is 10.1 Å². The number of hydrogen-bond donors (Lipinski definition) is 1. The Morgan fingerprint density at radius 3 is 2.81 bits per heavy atom. The summed E-state index contributed by atoms with van der Waals surface area (Å²) in [6, 6.07) is 4.23. The lowest BCUT2D eigenvalue weighted by molar-refractivity contribution is -0.0512. The fourth-order valence-electron chi connectivity index (χ4n) is 2.23. The van der Waals surface area contributed by atoms with Crippen LogP contribution in [0.2, 0.25) is 0 Å². The van der Waals surface area contributed by atoms with Gasteiger partial charge in [-0.25, -0.2) is 0 Å². The summed E-state index contributed by atoms with van der Waals surface area (Å²) >= 11 is 0. The molecule has 5 nitrogen and oxygen atoms in total. The summed E-state index contributed by atoms with van der Waals surface area (Å²) in [4.78, 5) is 14.1. The molecule has 0 atom stereocenters. The molecule has 2 rings (SSSR count). The molecule has 0 radical (unpaired) electrons. The Morgan fingerprint density at radius 2 is 2.10 bits per heavy atom. The van der Waals surface area contributed by atoms with Gasteiger partial charge in [0.1, 0.15) is 0 Å². The monoisotopic (exact) mass is 300 g/mol. The molecule has 0 spiro atoms. The molecule has 21 heavy (non-hydrogen) atoms. The number of nitrogens with zero attached hydrogens (tertiary/aromatic N) is 1. The van der Waals surface area contributed by atoms with E-state index in [-0.39, 0.29) is 17.4 Å². The third-order valence-electron chi connectivity index (χ3n) is 3.25. The van der Waals surface area contributed by atoms with Crippen LogP contribution in [0.1, 0.15) is 16.8 Å². The summed E-state index contributed by atoms with van der Waals surface area (Å²) in [5, 5.41) is 3.21. The molecule has 116 valence electrons. The lowest BCUT2D eigenvalue weighted by Gasteiger charge is -2.20. The first-order valence-electron chi connectivity index (χ1n) is 6.74. The highest BCUT2D eigenvalue weighted by atomic mass is 19.3. The number of benzene rings is 1. The van der Waals surface area contributed by atoms with Crippen molar-refractivity contribution < 1.29 is 23.0 Å². The predicted octanol–water partition coefficient (Wildman–Crippen LogP) is 1.73. The molecule has 0 saturated carbocycles. The SMILES string of the molecule is COc1cc(C(=O)N2CCCNCC2)ccc1OC(F)F. The molecule has 1 saturated heterocycles. The van der Waals surface area contributed by atoms with E-state index >= 15 is 0 Å². The molecule has 1 aromatic carbocycles. The lowest BCUT2D eigenvalue weighted by Crippen LogP contribution is -2.34. The van der Waals surface area contributed by atoms with Crippen molar-refractivity contribution in [1.29, 1.82) is 0 Å². The molecule has 1 aromatic rings. The van der Waals surface area contributed by atoms with Gasteiger partial charge in [-0.3, -0.25) is 4.79 Å². The largest absolute Gasteiger partial charge is 0.493 e. The number of rotatable bonds is 4. The van der Waals surface area contributed by atoms with E-state index in [9.17, 15) is 13.6 Å². The Bertz CT molecular complexity index is 489. The Hall–Kier alpha value is -1.89. The minimum atomic E-state index is -2.93. The van der Waals surface area contributed by atoms with Gasteiger partial charge in [-0.2, -0.15) is 8.78 Å². The maximum absolute atomic E-state index is 12.4. The number of halogens is 2. The third kappa shape index (κ3) is 4.04. The van der Waals surface area contributed by atoms with E-state index in [0.717, 1.165) is 19.5 Å². The molecule has 0 aromatic heterocycles.